The SMILES string of the molecule is C[C@@H]1CC(c2ccc(NC3CCC(=O)NC3=O)cc2)C[C@H](C)N1CCCCCCCC(=O)O. The van der Waals surface area contributed by atoms with Crippen molar-refractivity contribution in [2.24, 2.45) is 0 Å². The lowest BCUT2D eigenvalue weighted by molar-refractivity contribution is -0.137. The Kier molecular flexibility index (Phi) is 9.30. The molecule has 182 valence electrons. The number of aliphatic carboxylic acids is 1. The van der Waals surface area contributed by atoms with Gasteiger partial charge in [0.15, 0.2) is 0 Å². The van der Waals surface area contributed by atoms with Crippen LogP contribution in [-0.2, 0) is 14.4 Å². The molecule has 7 heteroatoms. The zero-order chi connectivity index (χ0) is 23.8. The third-order valence-corrected chi connectivity index (χ3v) is 7.15. The molecule has 1 aromatic carbocycles. The molecule has 0 bridgehead atoms. The van der Waals surface area contributed by atoms with Gasteiger partial charge in [-0.2, -0.15) is 0 Å². The van der Waals surface area contributed by atoms with Crippen molar-refractivity contribution in [1.82, 2.24) is 10.2 Å². The van der Waals surface area contributed by atoms with E-state index >= 15 is 0 Å². The second kappa shape index (κ2) is 12.2. The third kappa shape index (κ3) is 7.56. The highest BCUT2D eigenvalue weighted by Gasteiger charge is 2.31. The average molecular weight is 458 g/mol. The molecule has 0 aromatic heterocycles. The Labute approximate surface area is 197 Å². The molecule has 3 N–H and O–H groups in total. The Morgan fingerprint density at radius 1 is 1.03 bits per heavy atom. The third-order valence-electron chi connectivity index (χ3n) is 7.15. The van der Waals surface area contributed by atoms with Gasteiger partial charge in [-0.15, -0.1) is 0 Å². The zero-order valence-corrected chi connectivity index (χ0v) is 20.0. The van der Waals surface area contributed by atoms with Gasteiger partial charge in [0.1, 0.15) is 6.04 Å². The molecule has 2 heterocycles. The lowest BCUT2D eigenvalue weighted by Crippen LogP contribution is -2.47. The first-order valence-electron chi connectivity index (χ1n) is 12.5. The van der Waals surface area contributed by atoms with E-state index in [0.29, 0.717) is 30.8 Å². The molecular formula is C26H39N3O4. The fourth-order valence-corrected chi connectivity index (χ4v) is 5.32. The summed E-state index contributed by atoms with van der Waals surface area (Å²) in [6.07, 6.45) is 8.73. The normalized spacial score (nSPS) is 26.1. The summed E-state index contributed by atoms with van der Waals surface area (Å²) in [6, 6.07) is 9.15. The minimum Gasteiger partial charge on any atom is -0.481 e. The molecule has 0 spiro atoms. The molecule has 2 aliphatic rings. The number of benzene rings is 1. The number of unbranched alkanes of at least 4 members (excludes halogenated alkanes) is 4. The van der Waals surface area contributed by atoms with Crippen LogP contribution in [-0.4, -0.2) is 52.5 Å². The number of carbonyl (C=O) groups excluding carboxylic acids is 2. The van der Waals surface area contributed by atoms with Gasteiger partial charge in [-0.3, -0.25) is 24.6 Å². The van der Waals surface area contributed by atoms with Gasteiger partial charge < -0.3 is 10.4 Å². The molecule has 0 aliphatic carbocycles. The van der Waals surface area contributed by atoms with Gasteiger partial charge in [0.25, 0.3) is 0 Å². The largest absolute Gasteiger partial charge is 0.481 e. The van der Waals surface area contributed by atoms with Crippen LogP contribution in [0.2, 0.25) is 0 Å². The number of nitrogens with one attached hydrogen (secondary N) is 2. The maximum atomic E-state index is 12.0. The van der Waals surface area contributed by atoms with E-state index in [4.69, 9.17) is 5.11 Å². The van der Waals surface area contributed by atoms with Crippen LogP contribution < -0.4 is 10.6 Å². The van der Waals surface area contributed by atoms with Crippen LogP contribution in [0.1, 0.15) is 89.5 Å². The van der Waals surface area contributed by atoms with Gasteiger partial charge in [0.2, 0.25) is 11.8 Å². The van der Waals surface area contributed by atoms with Crippen molar-refractivity contribution in [2.45, 2.75) is 102 Å². The number of rotatable bonds is 11. The lowest BCUT2D eigenvalue weighted by Gasteiger charge is -2.43. The topological polar surface area (TPSA) is 98.7 Å². The number of likely N-dealkylation sites (tertiary alicyclic amines) is 1. The van der Waals surface area contributed by atoms with Gasteiger partial charge in [-0.1, -0.05) is 31.4 Å². The smallest absolute Gasteiger partial charge is 0.303 e. The fraction of sp³-hybridized carbons (Fsp3) is 0.654. The number of carboxylic acids is 1. The summed E-state index contributed by atoms with van der Waals surface area (Å²) in [4.78, 5) is 36.5. The summed E-state index contributed by atoms with van der Waals surface area (Å²) >= 11 is 0. The van der Waals surface area contributed by atoms with E-state index in [1.54, 1.807) is 0 Å². The minimum atomic E-state index is -0.694. The number of piperidine rings is 2. The minimum absolute atomic E-state index is 0.196. The fourth-order valence-electron chi connectivity index (χ4n) is 5.32. The Morgan fingerprint density at radius 2 is 1.67 bits per heavy atom. The van der Waals surface area contributed by atoms with Gasteiger partial charge in [0, 0.05) is 30.6 Å². The van der Waals surface area contributed by atoms with E-state index in [9.17, 15) is 14.4 Å². The highest BCUT2D eigenvalue weighted by Crippen LogP contribution is 2.35. The molecule has 2 unspecified atom stereocenters. The number of hydrogen-bond donors (Lipinski definition) is 3. The molecule has 3 rings (SSSR count). The first-order valence-corrected chi connectivity index (χ1v) is 12.5. The van der Waals surface area contributed by atoms with Crippen molar-refractivity contribution in [1.29, 1.82) is 0 Å². The van der Waals surface area contributed by atoms with Crippen LogP contribution in [0.25, 0.3) is 0 Å². The van der Waals surface area contributed by atoms with Gasteiger partial charge in [-0.25, -0.2) is 0 Å². The van der Waals surface area contributed by atoms with E-state index < -0.39 is 5.97 Å². The number of carbonyl (C=O) groups is 3. The summed E-state index contributed by atoms with van der Waals surface area (Å²) in [6.45, 7) is 5.77. The molecule has 7 nitrogen and oxygen atoms in total. The highest BCUT2D eigenvalue weighted by atomic mass is 16.4. The summed E-state index contributed by atoms with van der Waals surface area (Å²) in [7, 11) is 0. The predicted molar refractivity (Wildman–Crippen MR) is 129 cm³/mol. The standard InChI is InChI=1S/C26H39N3O4/c1-18-16-21(17-19(2)29(18)15-7-5-3-4-6-8-25(31)32)20-9-11-22(12-10-20)27-23-13-14-24(30)28-26(23)33/h9-12,18-19,21,23,27H,3-8,13-17H2,1-2H3,(H,31,32)(H,28,30,33)/t18-,19+,21?,23?. The summed E-state index contributed by atoms with van der Waals surface area (Å²) < 4.78 is 0. The van der Waals surface area contributed by atoms with Crippen LogP contribution >= 0.6 is 0 Å². The van der Waals surface area contributed by atoms with Gasteiger partial charge in [0.05, 0.1) is 0 Å². The van der Waals surface area contributed by atoms with Crippen molar-refractivity contribution in [3.63, 3.8) is 0 Å². The molecule has 2 aliphatic heterocycles. The Bertz CT molecular complexity index is 798. The summed E-state index contributed by atoms with van der Waals surface area (Å²) in [5, 5.41) is 14.4. The predicted octanol–water partition coefficient (Wildman–Crippen LogP) is 4.29. The molecule has 4 atom stereocenters. The maximum Gasteiger partial charge on any atom is 0.303 e. The van der Waals surface area contributed by atoms with E-state index in [1.165, 1.54) is 18.4 Å². The Balaban J connectivity index is 1.43. The number of hydrogen-bond acceptors (Lipinski definition) is 5. The number of imide groups is 1. The van der Waals surface area contributed by atoms with Crippen LogP contribution in [0.15, 0.2) is 24.3 Å². The van der Waals surface area contributed by atoms with Crippen molar-refractivity contribution in [3.05, 3.63) is 29.8 Å². The van der Waals surface area contributed by atoms with Crippen LogP contribution in [0.5, 0.6) is 0 Å². The van der Waals surface area contributed by atoms with Crippen LogP contribution in [0.4, 0.5) is 5.69 Å². The van der Waals surface area contributed by atoms with E-state index in [2.05, 4.69) is 41.5 Å². The number of carboxylic acid groups (broad SMARTS) is 1. The van der Waals surface area contributed by atoms with Crippen LogP contribution in [0, 0.1) is 0 Å². The maximum absolute atomic E-state index is 12.0. The number of nitrogens with zero attached hydrogens (tertiary/aromatic N) is 1. The summed E-state index contributed by atoms with van der Waals surface area (Å²) in [5.74, 6) is -0.600. The van der Waals surface area contributed by atoms with Gasteiger partial charge in [-0.05, 0) is 76.1 Å². The van der Waals surface area contributed by atoms with Crippen molar-refractivity contribution in [3.8, 4) is 0 Å². The molecule has 2 amide bonds. The molecular weight excluding hydrogens is 418 g/mol. The molecule has 0 saturated carbocycles. The zero-order valence-electron chi connectivity index (χ0n) is 20.0. The quantitative estimate of drug-likeness (QED) is 0.339. The first-order chi connectivity index (χ1) is 15.8. The lowest BCUT2D eigenvalue weighted by atomic mass is 9.82. The monoisotopic (exact) mass is 457 g/mol. The second-order valence-electron chi connectivity index (χ2n) is 9.79. The molecule has 2 fully saturated rings. The highest BCUT2D eigenvalue weighted by molar-refractivity contribution is 6.01. The van der Waals surface area contributed by atoms with Crippen LogP contribution in [0.3, 0.4) is 0 Å². The van der Waals surface area contributed by atoms with Crippen molar-refractivity contribution in [2.75, 3.05) is 11.9 Å². The summed E-state index contributed by atoms with van der Waals surface area (Å²) in [5.41, 5.74) is 2.26. The van der Waals surface area contributed by atoms with Crippen molar-refractivity contribution >= 4 is 23.5 Å². The Morgan fingerprint density at radius 3 is 2.30 bits per heavy atom. The average Bonchev–Trinajstić information content (AvgIpc) is 2.76. The van der Waals surface area contributed by atoms with E-state index in [0.717, 1.165) is 44.3 Å². The number of amides is 2. The second-order valence-corrected chi connectivity index (χ2v) is 9.79. The Hall–Kier alpha value is -2.41. The molecule has 0 radical (unpaired) electrons. The molecule has 2 saturated heterocycles. The van der Waals surface area contributed by atoms with E-state index in [-0.39, 0.29) is 24.3 Å². The number of anilines is 1. The van der Waals surface area contributed by atoms with E-state index in [1.807, 2.05) is 12.1 Å². The van der Waals surface area contributed by atoms with Gasteiger partial charge >= 0.3 is 5.97 Å². The first kappa shape index (κ1) is 25.2. The van der Waals surface area contributed by atoms with Crippen molar-refractivity contribution < 1.29 is 19.5 Å². The molecule has 1 aromatic rings. The molecule has 33 heavy (non-hydrogen) atoms.